The summed E-state index contributed by atoms with van der Waals surface area (Å²) in [5.74, 6) is 4.20. The smallest absolute Gasteiger partial charge is 0.159 e. The van der Waals surface area contributed by atoms with Crippen LogP contribution in [0.3, 0.4) is 0 Å². The average molecular weight is 402 g/mol. The quantitative estimate of drug-likeness (QED) is 0.545. The fourth-order valence-corrected chi connectivity index (χ4v) is 8.12. The third-order valence-electron chi connectivity index (χ3n) is 9.33. The SMILES string of the molecule is C=NN(CC(=O)[C@H]1CC[C@H]2[C@@H]3CC[C@@H]4C[C@](C)(O)CC[C@@H]4[C@H]3CC[C@]12C)/N=C\C. The van der Waals surface area contributed by atoms with Gasteiger partial charge >= 0.3 is 0 Å². The van der Waals surface area contributed by atoms with Gasteiger partial charge in [-0.05, 0) is 107 Å². The Morgan fingerprint density at radius 3 is 2.59 bits per heavy atom. The van der Waals surface area contributed by atoms with E-state index in [-0.39, 0.29) is 23.7 Å². The molecule has 4 rings (SSSR count). The molecule has 5 heteroatoms. The molecule has 4 aliphatic rings. The van der Waals surface area contributed by atoms with Crippen molar-refractivity contribution in [2.24, 2.45) is 51.1 Å². The van der Waals surface area contributed by atoms with E-state index in [1.807, 2.05) is 13.8 Å². The zero-order valence-electron chi connectivity index (χ0n) is 18.5. The molecule has 0 aromatic heterocycles. The third kappa shape index (κ3) is 3.68. The van der Waals surface area contributed by atoms with E-state index >= 15 is 0 Å². The summed E-state index contributed by atoms with van der Waals surface area (Å²) in [6, 6.07) is 0. The molecule has 29 heavy (non-hydrogen) atoms. The molecule has 0 unspecified atom stereocenters. The summed E-state index contributed by atoms with van der Waals surface area (Å²) in [6.45, 7) is 10.1. The number of carbonyl (C=O) groups is 1. The van der Waals surface area contributed by atoms with Gasteiger partial charge in [-0.3, -0.25) is 4.79 Å². The molecule has 1 N–H and O–H groups in total. The lowest BCUT2D eigenvalue weighted by atomic mass is 9.49. The van der Waals surface area contributed by atoms with E-state index in [1.165, 1.54) is 43.6 Å². The van der Waals surface area contributed by atoms with Gasteiger partial charge in [-0.2, -0.15) is 15.3 Å². The first-order chi connectivity index (χ1) is 13.8. The van der Waals surface area contributed by atoms with Crippen LogP contribution in [0.2, 0.25) is 0 Å². The van der Waals surface area contributed by atoms with E-state index in [0.717, 1.165) is 37.0 Å². The predicted molar refractivity (Wildman–Crippen MR) is 117 cm³/mol. The van der Waals surface area contributed by atoms with E-state index in [1.54, 1.807) is 6.21 Å². The standard InChI is InChI=1S/C24H39N3O2/c1-5-26-27(25-4)15-22(28)21-9-8-20-19-7-6-16-14-23(2,29)12-10-17(16)18(19)11-13-24(20,21)3/h5,16-21,29H,4,6-15H2,1-3H3/b26-5-/t16-,17+,18-,19-,20+,21-,23-,24+/m1/s1. The van der Waals surface area contributed by atoms with Crippen LogP contribution >= 0.6 is 0 Å². The molecular formula is C24H39N3O2. The Labute approximate surface area is 176 Å². The molecule has 4 aliphatic carbocycles. The minimum Gasteiger partial charge on any atom is -0.390 e. The number of hydrogen-bond donors (Lipinski definition) is 1. The van der Waals surface area contributed by atoms with Crippen molar-refractivity contribution in [2.45, 2.75) is 84.2 Å². The predicted octanol–water partition coefficient (Wildman–Crippen LogP) is 4.50. The highest BCUT2D eigenvalue weighted by molar-refractivity contribution is 5.84. The number of nitrogens with zero attached hydrogens (tertiary/aromatic N) is 3. The van der Waals surface area contributed by atoms with Gasteiger partial charge in [-0.15, -0.1) is 0 Å². The average Bonchev–Trinajstić information content (AvgIpc) is 3.03. The molecule has 162 valence electrons. The lowest BCUT2D eigenvalue weighted by Gasteiger charge is -2.56. The second-order valence-electron chi connectivity index (χ2n) is 10.9. The summed E-state index contributed by atoms with van der Waals surface area (Å²) in [6.07, 6.45) is 12.0. The van der Waals surface area contributed by atoms with E-state index in [0.29, 0.717) is 11.8 Å². The first kappa shape index (κ1) is 21.0. The molecule has 0 radical (unpaired) electrons. The van der Waals surface area contributed by atoms with Crippen molar-refractivity contribution in [3.8, 4) is 0 Å². The van der Waals surface area contributed by atoms with Crippen LogP contribution in [0.5, 0.6) is 0 Å². The van der Waals surface area contributed by atoms with Crippen LogP contribution < -0.4 is 0 Å². The van der Waals surface area contributed by atoms with Crippen LogP contribution in [-0.4, -0.2) is 41.1 Å². The maximum atomic E-state index is 13.2. The van der Waals surface area contributed by atoms with Crippen molar-refractivity contribution in [2.75, 3.05) is 6.54 Å². The lowest BCUT2D eigenvalue weighted by Crippen LogP contribution is -2.51. The Bertz CT molecular complexity index is 675. The molecule has 0 bridgehead atoms. The van der Waals surface area contributed by atoms with Gasteiger partial charge in [0, 0.05) is 18.9 Å². The van der Waals surface area contributed by atoms with Crippen LogP contribution in [0.15, 0.2) is 10.2 Å². The van der Waals surface area contributed by atoms with Gasteiger partial charge in [0.1, 0.15) is 6.54 Å². The fraction of sp³-hybridized carbons (Fsp3) is 0.875. The summed E-state index contributed by atoms with van der Waals surface area (Å²) < 4.78 is 0. The highest BCUT2D eigenvalue weighted by Crippen LogP contribution is 2.64. The second kappa shape index (κ2) is 7.79. The molecule has 0 aromatic rings. The summed E-state index contributed by atoms with van der Waals surface area (Å²) in [5.41, 5.74) is -0.317. The minimum absolute atomic E-state index is 0.133. The van der Waals surface area contributed by atoms with Crippen molar-refractivity contribution < 1.29 is 9.90 Å². The highest BCUT2D eigenvalue weighted by Gasteiger charge is 2.58. The van der Waals surface area contributed by atoms with Crippen LogP contribution in [-0.2, 0) is 4.79 Å². The Kier molecular flexibility index (Phi) is 5.65. The summed E-state index contributed by atoms with van der Waals surface area (Å²) in [7, 11) is 0. The van der Waals surface area contributed by atoms with Crippen molar-refractivity contribution in [1.29, 1.82) is 0 Å². The Balaban J connectivity index is 1.47. The number of Topliss-reactive ketones (excluding diaryl/α,β-unsaturated/α-hetero) is 1. The lowest BCUT2D eigenvalue weighted by molar-refractivity contribution is -0.133. The number of rotatable bonds is 5. The van der Waals surface area contributed by atoms with Gasteiger partial charge in [-0.1, -0.05) is 6.92 Å². The molecule has 4 fully saturated rings. The molecule has 4 saturated carbocycles. The number of carbonyl (C=O) groups excluding carboxylic acids is 1. The number of fused-ring (bicyclic) bond motifs is 5. The van der Waals surface area contributed by atoms with Gasteiger partial charge in [-0.25, -0.2) is 0 Å². The molecule has 0 spiro atoms. The topological polar surface area (TPSA) is 65.3 Å². The number of hydrazone groups is 2. The van der Waals surface area contributed by atoms with Crippen LogP contribution in [0, 0.1) is 40.9 Å². The Hall–Kier alpha value is -1.23. The third-order valence-corrected chi connectivity index (χ3v) is 9.33. The van der Waals surface area contributed by atoms with Gasteiger partial charge in [0.15, 0.2) is 5.78 Å². The van der Waals surface area contributed by atoms with Crippen molar-refractivity contribution in [3.05, 3.63) is 0 Å². The van der Waals surface area contributed by atoms with E-state index in [9.17, 15) is 9.90 Å². The molecule has 0 saturated heterocycles. The highest BCUT2D eigenvalue weighted by atomic mass is 16.3. The number of aliphatic hydroxyl groups is 1. The molecule has 0 aliphatic heterocycles. The molecular weight excluding hydrogens is 362 g/mol. The van der Waals surface area contributed by atoms with Gasteiger partial charge in [0.05, 0.1) is 5.60 Å². The van der Waals surface area contributed by atoms with Gasteiger partial charge in [0.2, 0.25) is 0 Å². The first-order valence-corrected chi connectivity index (χ1v) is 11.8. The normalized spacial score (nSPS) is 46.6. The number of ketones is 1. The first-order valence-electron chi connectivity index (χ1n) is 11.8. The van der Waals surface area contributed by atoms with Crippen LogP contribution in [0.25, 0.3) is 0 Å². The van der Waals surface area contributed by atoms with Crippen LogP contribution in [0.4, 0.5) is 0 Å². The van der Waals surface area contributed by atoms with E-state index in [4.69, 9.17) is 0 Å². The monoisotopic (exact) mass is 401 g/mol. The second-order valence-corrected chi connectivity index (χ2v) is 10.9. The van der Waals surface area contributed by atoms with Crippen molar-refractivity contribution in [1.82, 2.24) is 5.12 Å². The van der Waals surface area contributed by atoms with Crippen molar-refractivity contribution >= 4 is 18.7 Å². The summed E-state index contributed by atoms with van der Waals surface area (Å²) in [4.78, 5) is 13.2. The van der Waals surface area contributed by atoms with E-state index < -0.39 is 5.60 Å². The molecule has 8 atom stereocenters. The van der Waals surface area contributed by atoms with Gasteiger partial charge in [0.25, 0.3) is 0 Å². The maximum absolute atomic E-state index is 13.2. The number of hydrogen-bond acceptors (Lipinski definition) is 5. The summed E-state index contributed by atoms with van der Waals surface area (Å²) >= 11 is 0. The molecule has 0 amide bonds. The molecule has 0 aromatic carbocycles. The zero-order valence-corrected chi connectivity index (χ0v) is 18.5. The van der Waals surface area contributed by atoms with Crippen molar-refractivity contribution in [3.63, 3.8) is 0 Å². The fourth-order valence-electron chi connectivity index (χ4n) is 8.12. The molecule has 0 heterocycles. The Morgan fingerprint density at radius 1 is 1.10 bits per heavy atom. The summed E-state index contributed by atoms with van der Waals surface area (Å²) in [5, 5.41) is 20.0. The zero-order chi connectivity index (χ0) is 20.8. The van der Waals surface area contributed by atoms with Crippen LogP contribution in [0.1, 0.15) is 78.6 Å². The van der Waals surface area contributed by atoms with Gasteiger partial charge < -0.3 is 5.11 Å². The minimum atomic E-state index is -0.450. The molecule has 5 nitrogen and oxygen atoms in total. The van der Waals surface area contributed by atoms with E-state index in [2.05, 4.69) is 23.8 Å². The maximum Gasteiger partial charge on any atom is 0.159 e. The Morgan fingerprint density at radius 2 is 1.86 bits per heavy atom. The largest absolute Gasteiger partial charge is 0.390 e.